The first-order valence-corrected chi connectivity index (χ1v) is 12.2. The van der Waals surface area contributed by atoms with Gasteiger partial charge in [0.25, 0.3) is 0 Å². The smallest absolute Gasteiger partial charge is 0.305 e. The topological polar surface area (TPSA) is 86.7 Å². The Hall–Kier alpha value is -2.93. The average molecular weight is 450 g/mol. The number of carbonyl (C=O) groups is 1. The van der Waals surface area contributed by atoms with Crippen molar-refractivity contribution in [1.82, 2.24) is 4.98 Å². The van der Waals surface area contributed by atoms with Crippen LogP contribution in [0.5, 0.6) is 5.75 Å². The highest BCUT2D eigenvalue weighted by atomic mass is 32.2. The molecule has 1 aliphatic carbocycles. The Morgan fingerprint density at radius 3 is 2.78 bits per heavy atom. The number of rotatable bonds is 8. The Kier molecular flexibility index (Phi) is 6.08. The predicted octanol–water partition coefficient (Wildman–Crippen LogP) is 5.44. The van der Waals surface area contributed by atoms with Crippen molar-refractivity contribution in [2.24, 2.45) is 4.99 Å². The molecule has 3 aromatic rings. The van der Waals surface area contributed by atoms with Crippen LogP contribution in [-0.4, -0.2) is 38.9 Å². The van der Waals surface area contributed by atoms with Gasteiger partial charge < -0.3 is 20.1 Å². The highest BCUT2D eigenvalue weighted by Crippen LogP contribution is 2.33. The predicted molar refractivity (Wildman–Crippen MR) is 130 cm³/mol. The molecule has 0 radical (unpaired) electrons. The maximum atomic E-state index is 11.0. The number of aromatic amines is 1. The van der Waals surface area contributed by atoms with Gasteiger partial charge in [0.15, 0.2) is 0 Å². The summed E-state index contributed by atoms with van der Waals surface area (Å²) in [4.78, 5) is 19.2. The number of ether oxygens (including phenoxy) is 1. The summed E-state index contributed by atoms with van der Waals surface area (Å²) in [6, 6.07) is 16.7. The minimum Gasteiger partial charge on any atom is -0.489 e. The number of fused-ring (bicyclic) bond motifs is 1. The van der Waals surface area contributed by atoms with E-state index >= 15 is 0 Å². The lowest BCUT2D eigenvalue weighted by Crippen LogP contribution is -2.15. The summed E-state index contributed by atoms with van der Waals surface area (Å²) in [5.74, 6) is 0.762. The van der Waals surface area contributed by atoms with Gasteiger partial charge in [-0.3, -0.25) is 9.79 Å². The molecule has 32 heavy (non-hydrogen) atoms. The second-order valence-corrected chi connectivity index (χ2v) is 9.52. The highest BCUT2D eigenvalue weighted by Gasteiger charge is 2.24. The minimum absolute atomic E-state index is 0.0756. The summed E-state index contributed by atoms with van der Waals surface area (Å²) in [6.07, 6.45) is 5.00. The Morgan fingerprint density at radius 2 is 2.00 bits per heavy atom. The maximum absolute atomic E-state index is 11.0. The highest BCUT2D eigenvalue weighted by molar-refractivity contribution is 8.14. The van der Waals surface area contributed by atoms with Crippen LogP contribution in [0.15, 0.2) is 53.5 Å². The van der Waals surface area contributed by atoms with Crippen LogP contribution in [-0.2, 0) is 11.4 Å². The molecule has 1 fully saturated rings. The number of aromatic nitrogens is 1. The number of carboxylic acid groups (broad SMARTS) is 1. The molecule has 0 unspecified atom stereocenters. The van der Waals surface area contributed by atoms with E-state index in [0.717, 1.165) is 38.6 Å². The molecular weight excluding hydrogens is 422 g/mol. The van der Waals surface area contributed by atoms with Crippen LogP contribution >= 0.6 is 11.8 Å². The molecular formula is C25H27N3O3S. The number of benzene rings is 2. The van der Waals surface area contributed by atoms with Gasteiger partial charge in [-0.25, -0.2) is 0 Å². The van der Waals surface area contributed by atoms with Crippen LogP contribution in [0.4, 0.5) is 5.69 Å². The lowest BCUT2D eigenvalue weighted by Gasteiger charge is -2.16. The summed E-state index contributed by atoms with van der Waals surface area (Å²) in [6.45, 7) is 0.496. The average Bonchev–Trinajstić information content (AvgIpc) is 3.53. The first-order valence-electron chi connectivity index (χ1n) is 11.2. The molecule has 1 saturated carbocycles. The zero-order chi connectivity index (χ0) is 21.9. The summed E-state index contributed by atoms with van der Waals surface area (Å²) < 4.78 is 6.00. The lowest BCUT2D eigenvalue weighted by molar-refractivity contribution is -0.137. The van der Waals surface area contributed by atoms with Crippen molar-refractivity contribution in [2.45, 2.75) is 50.8 Å². The largest absolute Gasteiger partial charge is 0.489 e. The molecule has 2 aromatic carbocycles. The first kappa shape index (κ1) is 20.9. The quantitative estimate of drug-likeness (QED) is 0.426. The van der Waals surface area contributed by atoms with Gasteiger partial charge in [0.2, 0.25) is 0 Å². The molecule has 6 nitrogen and oxygen atoms in total. The fourth-order valence-electron chi connectivity index (χ4n) is 4.46. The van der Waals surface area contributed by atoms with Gasteiger partial charge in [-0.15, -0.1) is 11.8 Å². The number of para-hydroxylation sites is 1. The van der Waals surface area contributed by atoms with Gasteiger partial charge in [0.05, 0.1) is 29.4 Å². The maximum Gasteiger partial charge on any atom is 0.305 e. The molecule has 1 aliphatic heterocycles. The fraction of sp³-hybridized carbons (Fsp3) is 0.360. The first-order chi connectivity index (χ1) is 15.6. The van der Waals surface area contributed by atoms with E-state index in [-0.39, 0.29) is 12.5 Å². The number of thioether (sulfide) groups is 1. The summed E-state index contributed by atoms with van der Waals surface area (Å²) in [5, 5.41) is 14.8. The molecule has 2 aliphatic rings. The van der Waals surface area contributed by atoms with Crippen LogP contribution < -0.4 is 10.1 Å². The number of H-pyrrole nitrogens is 1. The molecule has 0 amide bonds. The Balaban J connectivity index is 1.44. The molecule has 2 heterocycles. The molecule has 166 valence electrons. The zero-order valence-electron chi connectivity index (χ0n) is 17.8. The van der Waals surface area contributed by atoms with Gasteiger partial charge in [-0.1, -0.05) is 31.0 Å². The van der Waals surface area contributed by atoms with Gasteiger partial charge in [-0.2, -0.15) is 0 Å². The van der Waals surface area contributed by atoms with Crippen molar-refractivity contribution in [3.8, 4) is 5.75 Å². The van der Waals surface area contributed by atoms with E-state index in [1.54, 1.807) is 11.8 Å². The van der Waals surface area contributed by atoms with Crippen molar-refractivity contribution in [3.05, 3.63) is 59.8 Å². The number of aliphatic carboxylic acids is 1. The van der Waals surface area contributed by atoms with Crippen molar-refractivity contribution < 1.29 is 14.6 Å². The molecule has 0 spiro atoms. The summed E-state index contributed by atoms with van der Waals surface area (Å²) in [5.41, 5.74) is 4.23. The van der Waals surface area contributed by atoms with E-state index in [1.165, 1.54) is 25.7 Å². The number of hydrogen-bond acceptors (Lipinski definition) is 5. The normalized spacial score (nSPS) is 18.8. The van der Waals surface area contributed by atoms with Crippen molar-refractivity contribution in [3.63, 3.8) is 0 Å². The van der Waals surface area contributed by atoms with Crippen LogP contribution in [0.3, 0.4) is 0 Å². The van der Waals surface area contributed by atoms with Gasteiger partial charge in [0, 0.05) is 17.2 Å². The zero-order valence-corrected chi connectivity index (χ0v) is 18.7. The molecule has 7 heteroatoms. The van der Waals surface area contributed by atoms with E-state index in [4.69, 9.17) is 9.84 Å². The standard InChI is InChI=1S/C25H27N3O3S/c29-23(30)13-19-15-32-25(27-19)22-12-17-10-16(14-31-20-8-2-1-3-9-20)11-21(24(17)28-22)26-18-6-4-5-7-18/h1-3,8-12,18-19,26,28H,4-7,13-15H2,(H,29,30)/t19-/m1/s1. The van der Waals surface area contributed by atoms with E-state index in [9.17, 15) is 4.79 Å². The Morgan fingerprint density at radius 1 is 1.19 bits per heavy atom. The van der Waals surface area contributed by atoms with Crippen molar-refractivity contribution in [2.75, 3.05) is 11.1 Å². The SMILES string of the molecule is O=C(O)C[C@@H]1CSC(c2cc3cc(COc4ccccc4)cc(NC4CCCC4)c3[nH]2)=N1. The fourth-order valence-corrected chi connectivity index (χ4v) is 5.49. The van der Waals surface area contributed by atoms with Gasteiger partial charge in [0.1, 0.15) is 17.4 Å². The van der Waals surface area contributed by atoms with E-state index < -0.39 is 5.97 Å². The molecule has 1 aromatic heterocycles. The van der Waals surface area contributed by atoms with Gasteiger partial charge >= 0.3 is 5.97 Å². The number of nitrogens with one attached hydrogen (secondary N) is 2. The van der Waals surface area contributed by atoms with E-state index in [1.807, 2.05) is 30.3 Å². The Bertz CT molecular complexity index is 1140. The third-order valence-corrected chi connectivity index (χ3v) is 7.15. The molecule has 0 saturated heterocycles. The second-order valence-electron chi connectivity index (χ2n) is 8.52. The van der Waals surface area contributed by atoms with E-state index in [2.05, 4.69) is 33.5 Å². The number of aliphatic imine (C=N–C) groups is 1. The van der Waals surface area contributed by atoms with Crippen molar-refractivity contribution >= 4 is 39.4 Å². The number of anilines is 1. The molecule has 5 rings (SSSR count). The van der Waals surface area contributed by atoms with Crippen molar-refractivity contribution in [1.29, 1.82) is 0 Å². The minimum atomic E-state index is -0.802. The number of hydrogen-bond donors (Lipinski definition) is 3. The van der Waals surface area contributed by atoms with Gasteiger partial charge in [-0.05, 0) is 48.7 Å². The second kappa shape index (κ2) is 9.28. The Labute approximate surface area is 191 Å². The summed E-state index contributed by atoms with van der Waals surface area (Å²) >= 11 is 1.62. The summed E-state index contributed by atoms with van der Waals surface area (Å²) in [7, 11) is 0. The molecule has 1 atom stereocenters. The number of nitrogens with zero attached hydrogens (tertiary/aromatic N) is 1. The third-order valence-electron chi connectivity index (χ3n) is 6.00. The monoisotopic (exact) mass is 449 g/mol. The number of carboxylic acids is 1. The molecule has 3 N–H and O–H groups in total. The molecule has 0 bridgehead atoms. The van der Waals surface area contributed by atoms with Crippen LogP contribution in [0.2, 0.25) is 0 Å². The van der Waals surface area contributed by atoms with Crippen LogP contribution in [0.25, 0.3) is 10.9 Å². The third kappa shape index (κ3) is 4.78. The van der Waals surface area contributed by atoms with E-state index in [0.29, 0.717) is 18.4 Å². The van der Waals surface area contributed by atoms with Crippen LogP contribution in [0, 0.1) is 0 Å². The van der Waals surface area contributed by atoms with Crippen LogP contribution in [0.1, 0.15) is 43.4 Å². The lowest BCUT2D eigenvalue weighted by atomic mass is 10.1.